The smallest absolute Gasteiger partial charge is 0.122 e. The summed E-state index contributed by atoms with van der Waals surface area (Å²) in [4.78, 5) is 0. The topological polar surface area (TPSA) is 32.3 Å². The minimum Gasteiger partial charge on any atom is -0.507 e. The molecule has 0 saturated carbocycles. The standard InChI is InChI=1S/C15H25NO/c1-5-13(6-2)12(4)16-10-14-9-7-8-11(3)15(14)17/h7-9,12-13,16-17H,5-6,10H2,1-4H3. The normalized spacial score (nSPS) is 13.0. The second-order valence-electron chi connectivity index (χ2n) is 4.83. The number of hydrogen-bond donors (Lipinski definition) is 2. The Morgan fingerprint density at radius 2 is 1.88 bits per heavy atom. The average Bonchev–Trinajstić information content (AvgIpc) is 2.32. The van der Waals surface area contributed by atoms with E-state index in [-0.39, 0.29) is 0 Å². The number of aromatic hydroxyl groups is 1. The third-order valence-electron chi connectivity index (χ3n) is 3.69. The van der Waals surface area contributed by atoms with Gasteiger partial charge in [0, 0.05) is 18.2 Å². The SMILES string of the molecule is CCC(CC)C(C)NCc1cccc(C)c1O. The Balaban J connectivity index is 2.58. The Kier molecular flexibility index (Phi) is 5.49. The molecule has 2 heteroatoms. The predicted octanol–water partition coefficient (Wildman–Crippen LogP) is 3.61. The zero-order chi connectivity index (χ0) is 12.8. The van der Waals surface area contributed by atoms with Crippen LogP contribution in [0.5, 0.6) is 5.75 Å². The van der Waals surface area contributed by atoms with Crippen molar-refractivity contribution in [3.05, 3.63) is 29.3 Å². The van der Waals surface area contributed by atoms with Gasteiger partial charge in [0.25, 0.3) is 0 Å². The molecule has 2 N–H and O–H groups in total. The molecule has 0 aliphatic rings. The van der Waals surface area contributed by atoms with Crippen LogP contribution in [0.2, 0.25) is 0 Å². The molecule has 2 nitrogen and oxygen atoms in total. The molecular formula is C15H25NO. The molecule has 0 heterocycles. The van der Waals surface area contributed by atoms with Crippen molar-refractivity contribution >= 4 is 0 Å². The minimum atomic E-state index is 0.428. The maximum Gasteiger partial charge on any atom is 0.122 e. The van der Waals surface area contributed by atoms with Crippen LogP contribution in [-0.4, -0.2) is 11.1 Å². The van der Waals surface area contributed by atoms with Crippen LogP contribution in [0, 0.1) is 12.8 Å². The fourth-order valence-corrected chi connectivity index (χ4v) is 2.30. The summed E-state index contributed by atoms with van der Waals surface area (Å²) in [6.45, 7) is 9.37. The van der Waals surface area contributed by atoms with E-state index in [1.165, 1.54) is 12.8 Å². The molecular weight excluding hydrogens is 210 g/mol. The highest BCUT2D eigenvalue weighted by atomic mass is 16.3. The molecule has 0 fully saturated rings. The first-order valence-corrected chi connectivity index (χ1v) is 6.60. The Hall–Kier alpha value is -1.02. The molecule has 1 rings (SSSR count). The van der Waals surface area contributed by atoms with E-state index < -0.39 is 0 Å². The summed E-state index contributed by atoms with van der Waals surface area (Å²) in [6.07, 6.45) is 2.40. The van der Waals surface area contributed by atoms with Gasteiger partial charge in [-0.15, -0.1) is 0 Å². The third-order valence-corrected chi connectivity index (χ3v) is 3.69. The van der Waals surface area contributed by atoms with E-state index in [1.54, 1.807) is 0 Å². The summed E-state index contributed by atoms with van der Waals surface area (Å²) in [5.41, 5.74) is 1.93. The van der Waals surface area contributed by atoms with Gasteiger partial charge < -0.3 is 10.4 Å². The second-order valence-corrected chi connectivity index (χ2v) is 4.83. The van der Waals surface area contributed by atoms with Gasteiger partial charge in [-0.2, -0.15) is 0 Å². The highest BCUT2D eigenvalue weighted by Gasteiger charge is 2.13. The quantitative estimate of drug-likeness (QED) is 0.789. The maximum absolute atomic E-state index is 9.92. The van der Waals surface area contributed by atoms with Crippen LogP contribution >= 0.6 is 0 Å². The molecule has 0 aliphatic carbocycles. The molecule has 1 aromatic carbocycles. The molecule has 0 spiro atoms. The van der Waals surface area contributed by atoms with Crippen LogP contribution in [0.1, 0.15) is 44.7 Å². The lowest BCUT2D eigenvalue weighted by molar-refractivity contribution is 0.350. The number of phenols is 1. The molecule has 0 bridgehead atoms. The highest BCUT2D eigenvalue weighted by Crippen LogP contribution is 2.22. The largest absolute Gasteiger partial charge is 0.507 e. The monoisotopic (exact) mass is 235 g/mol. The first-order chi connectivity index (χ1) is 8.10. The summed E-state index contributed by atoms with van der Waals surface area (Å²) in [6, 6.07) is 6.40. The van der Waals surface area contributed by atoms with E-state index in [0.717, 1.165) is 17.7 Å². The van der Waals surface area contributed by atoms with Crippen molar-refractivity contribution in [3.63, 3.8) is 0 Å². The van der Waals surface area contributed by atoms with Crippen LogP contribution < -0.4 is 5.32 Å². The Morgan fingerprint density at radius 3 is 2.47 bits per heavy atom. The van der Waals surface area contributed by atoms with E-state index >= 15 is 0 Å². The molecule has 0 radical (unpaired) electrons. The zero-order valence-corrected chi connectivity index (χ0v) is 11.5. The van der Waals surface area contributed by atoms with Gasteiger partial charge in [-0.3, -0.25) is 0 Å². The van der Waals surface area contributed by atoms with Gasteiger partial charge in [-0.1, -0.05) is 44.9 Å². The van der Waals surface area contributed by atoms with Gasteiger partial charge in [0.1, 0.15) is 5.75 Å². The molecule has 1 atom stereocenters. The summed E-state index contributed by atoms with van der Waals surface area (Å²) >= 11 is 0. The van der Waals surface area contributed by atoms with Gasteiger partial charge >= 0.3 is 0 Å². The van der Waals surface area contributed by atoms with Crippen LogP contribution in [0.25, 0.3) is 0 Å². The number of rotatable bonds is 6. The number of nitrogens with one attached hydrogen (secondary N) is 1. The van der Waals surface area contributed by atoms with Crippen molar-refractivity contribution < 1.29 is 5.11 Å². The number of aryl methyl sites for hydroxylation is 1. The van der Waals surface area contributed by atoms with Crippen molar-refractivity contribution in [2.75, 3.05) is 0 Å². The Bertz CT molecular complexity index is 345. The zero-order valence-electron chi connectivity index (χ0n) is 11.5. The lowest BCUT2D eigenvalue weighted by Gasteiger charge is -2.23. The van der Waals surface area contributed by atoms with Crippen LogP contribution in [-0.2, 0) is 6.54 Å². The van der Waals surface area contributed by atoms with Gasteiger partial charge in [0.05, 0.1) is 0 Å². The molecule has 1 unspecified atom stereocenters. The van der Waals surface area contributed by atoms with Gasteiger partial charge in [-0.05, 0) is 25.3 Å². The van der Waals surface area contributed by atoms with Crippen molar-refractivity contribution in [2.45, 2.75) is 53.1 Å². The molecule has 0 aliphatic heterocycles. The van der Waals surface area contributed by atoms with E-state index in [1.807, 2.05) is 25.1 Å². The summed E-state index contributed by atoms with van der Waals surface area (Å²) in [5, 5.41) is 13.4. The van der Waals surface area contributed by atoms with Gasteiger partial charge in [0.15, 0.2) is 0 Å². The van der Waals surface area contributed by atoms with Crippen LogP contribution in [0.4, 0.5) is 0 Å². The number of phenolic OH excluding ortho intramolecular Hbond substituents is 1. The van der Waals surface area contributed by atoms with Crippen molar-refractivity contribution in [1.29, 1.82) is 0 Å². The highest BCUT2D eigenvalue weighted by molar-refractivity contribution is 5.39. The van der Waals surface area contributed by atoms with Gasteiger partial charge in [-0.25, -0.2) is 0 Å². The van der Waals surface area contributed by atoms with Crippen LogP contribution in [0.15, 0.2) is 18.2 Å². The fraction of sp³-hybridized carbons (Fsp3) is 0.600. The van der Waals surface area contributed by atoms with Crippen molar-refractivity contribution in [2.24, 2.45) is 5.92 Å². The van der Waals surface area contributed by atoms with E-state index in [9.17, 15) is 5.11 Å². The molecule has 0 aromatic heterocycles. The van der Waals surface area contributed by atoms with E-state index in [4.69, 9.17) is 0 Å². The van der Waals surface area contributed by atoms with Crippen molar-refractivity contribution in [3.8, 4) is 5.75 Å². The minimum absolute atomic E-state index is 0.428. The first kappa shape index (κ1) is 14.0. The maximum atomic E-state index is 9.92. The lowest BCUT2D eigenvalue weighted by Crippen LogP contribution is -2.32. The summed E-state index contributed by atoms with van der Waals surface area (Å²) < 4.78 is 0. The Morgan fingerprint density at radius 1 is 1.24 bits per heavy atom. The number of hydrogen-bond acceptors (Lipinski definition) is 2. The predicted molar refractivity (Wildman–Crippen MR) is 73.2 cm³/mol. The second kappa shape index (κ2) is 6.65. The fourth-order valence-electron chi connectivity index (χ4n) is 2.30. The molecule has 96 valence electrons. The lowest BCUT2D eigenvalue weighted by atomic mass is 9.95. The van der Waals surface area contributed by atoms with Crippen molar-refractivity contribution in [1.82, 2.24) is 5.32 Å². The number of benzene rings is 1. The third kappa shape index (κ3) is 3.74. The van der Waals surface area contributed by atoms with E-state index in [0.29, 0.717) is 17.7 Å². The molecule has 17 heavy (non-hydrogen) atoms. The summed E-state index contributed by atoms with van der Waals surface area (Å²) in [7, 11) is 0. The first-order valence-electron chi connectivity index (χ1n) is 6.60. The Labute approximate surface area is 105 Å². The number of para-hydroxylation sites is 1. The summed E-state index contributed by atoms with van der Waals surface area (Å²) in [5.74, 6) is 1.14. The molecule has 0 saturated heterocycles. The van der Waals surface area contributed by atoms with Gasteiger partial charge in [0.2, 0.25) is 0 Å². The average molecular weight is 235 g/mol. The molecule has 1 aromatic rings. The molecule has 0 amide bonds. The van der Waals surface area contributed by atoms with Crippen LogP contribution in [0.3, 0.4) is 0 Å². The van der Waals surface area contributed by atoms with E-state index in [2.05, 4.69) is 26.1 Å².